The quantitative estimate of drug-likeness (QED) is 0.831. The Labute approximate surface area is 124 Å². The van der Waals surface area contributed by atoms with Crippen LogP contribution in [0.15, 0.2) is 33.1 Å². The monoisotopic (exact) mass is 290 g/mol. The molecule has 0 aliphatic carbocycles. The van der Waals surface area contributed by atoms with Crippen molar-refractivity contribution < 1.29 is 18.7 Å². The van der Waals surface area contributed by atoms with Crippen molar-refractivity contribution in [3.8, 4) is 0 Å². The van der Waals surface area contributed by atoms with E-state index in [0.29, 0.717) is 11.5 Å². The van der Waals surface area contributed by atoms with E-state index < -0.39 is 11.4 Å². The first-order valence-electron chi connectivity index (χ1n) is 7.44. The Bertz CT molecular complexity index is 562. The van der Waals surface area contributed by atoms with Crippen molar-refractivity contribution in [1.82, 2.24) is 0 Å². The first-order valence-corrected chi connectivity index (χ1v) is 7.44. The molecule has 2 rings (SSSR count). The number of aliphatic carboxylic acids is 1. The van der Waals surface area contributed by atoms with Gasteiger partial charge in [0.25, 0.3) is 0 Å². The molecule has 1 N–H and O–H groups in total. The highest BCUT2D eigenvalue weighted by atomic mass is 16.4. The first kappa shape index (κ1) is 15.4. The molecule has 114 valence electrons. The van der Waals surface area contributed by atoms with Gasteiger partial charge in [-0.3, -0.25) is 4.79 Å². The largest absolute Gasteiger partial charge is 0.480 e. The normalized spacial score (nSPS) is 11.8. The molecule has 0 radical (unpaired) electrons. The number of aryl methyl sites for hydroxylation is 2. The molecule has 21 heavy (non-hydrogen) atoms. The van der Waals surface area contributed by atoms with Crippen molar-refractivity contribution >= 4 is 5.97 Å². The summed E-state index contributed by atoms with van der Waals surface area (Å²) in [5.41, 5.74) is -1.29. The Morgan fingerprint density at radius 1 is 1.00 bits per heavy atom. The molecule has 0 fully saturated rings. The SMILES string of the molecule is CCCc1ccc(C(C)(C(=O)O)c2ccc(CCC)o2)o1. The third-order valence-corrected chi connectivity index (χ3v) is 3.73. The lowest BCUT2D eigenvalue weighted by Crippen LogP contribution is -2.32. The van der Waals surface area contributed by atoms with Gasteiger partial charge >= 0.3 is 5.97 Å². The zero-order valence-corrected chi connectivity index (χ0v) is 12.8. The van der Waals surface area contributed by atoms with Crippen LogP contribution in [0.1, 0.15) is 56.7 Å². The summed E-state index contributed by atoms with van der Waals surface area (Å²) in [5.74, 6) is 1.46. The summed E-state index contributed by atoms with van der Waals surface area (Å²) in [7, 11) is 0. The average Bonchev–Trinajstić information content (AvgIpc) is 3.08. The molecule has 0 saturated carbocycles. The summed E-state index contributed by atoms with van der Waals surface area (Å²) in [6.07, 6.45) is 3.51. The standard InChI is InChI=1S/C17H22O4/c1-4-6-12-8-10-14(20-12)17(3,16(18)19)15-11-9-13(21-15)7-5-2/h8-11H,4-7H2,1-3H3,(H,18,19). The Hall–Kier alpha value is -1.97. The molecule has 0 saturated heterocycles. The maximum absolute atomic E-state index is 11.8. The second-order valence-corrected chi connectivity index (χ2v) is 5.46. The third kappa shape index (κ3) is 2.89. The minimum absolute atomic E-state index is 0.413. The van der Waals surface area contributed by atoms with E-state index in [4.69, 9.17) is 8.83 Å². The summed E-state index contributed by atoms with van der Waals surface area (Å²) in [6.45, 7) is 5.74. The maximum atomic E-state index is 11.8. The van der Waals surface area contributed by atoms with Crippen LogP contribution in [-0.4, -0.2) is 11.1 Å². The molecule has 0 aromatic carbocycles. The molecular formula is C17H22O4. The molecule has 0 aliphatic rings. The van der Waals surface area contributed by atoms with E-state index in [2.05, 4.69) is 13.8 Å². The van der Waals surface area contributed by atoms with Gasteiger partial charge in [-0.05, 0) is 44.0 Å². The lowest BCUT2D eigenvalue weighted by atomic mass is 9.85. The number of hydrogen-bond acceptors (Lipinski definition) is 3. The number of hydrogen-bond donors (Lipinski definition) is 1. The molecule has 0 atom stereocenters. The van der Waals surface area contributed by atoms with Crippen molar-refractivity contribution in [3.63, 3.8) is 0 Å². The van der Waals surface area contributed by atoms with Crippen LogP contribution < -0.4 is 0 Å². The zero-order chi connectivity index (χ0) is 15.5. The van der Waals surface area contributed by atoms with Crippen LogP contribution in [0.4, 0.5) is 0 Å². The first-order chi connectivity index (χ1) is 10.0. The minimum atomic E-state index is -1.29. The number of furan rings is 2. The second-order valence-electron chi connectivity index (χ2n) is 5.46. The number of rotatable bonds is 7. The van der Waals surface area contributed by atoms with Gasteiger partial charge in [0.1, 0.15) is 23.0 Å². The average molecular weight is 290 g/mol. The predicted octanol–water partition coefficient (Wildman–Crippen LogP) is 4.17. The summed E-state index contributed by atoms with van der Waals surface area (Å²) >= 11 is 0. The highest BCUT2D eigenvalue weighted by Crippen LogP contribution is 2.35. The van der Waals surface area contributed by atoms with Crippen molar-refractivity contribution in [3.05, 3.63) is 47.3 Å². The lowest BCUT2D eigenvalue weighted by Gasteiger charge is -2.20. The van der Waals surface area contributed by atoms with Gasteiger partial charge < -0.3 is 13.9 Å². The van der Waals surface area contributed by atoms with Crippen molar-refractivity contribution in [2.24, 2.45) is 0 Å². The molecule has 4 nitrogen and oxygen atoms in total. The summed E-state index contributed by atoms with van der Waals surface area (Å²) < 4.78 is 11.5. The second kappa shape index (κ2) is 6.20. The summed E-state index contributed by atoms with van der Waals surface area (Å²) in [4.78, 5) is 11.8. The van der Waals surface area contributed by atoms with Crippen LogP contribution >= 0.6 is 0 Å². The fourth-order valence-corrected chi connectivity index (χ4v) is 2.39. The highest BCUT2D eigenvalue weighted by Gasteiger charge is 2.43. The smallest absolute Gasteiger partial charge is 0.324 e. The van der Waals surface area contributed by atoms with Gasteiger partial charge in [0.05, 0.1) is 0 Å². The zero-order valence-electron chi connectivity index (χ0n) is 12.8. The summed E-state index contributed by atoms with van der Waals surface area (Å²) in [6, 6.07) is 7.16. The van der Waals surface area contributed by atoms with E-state index in [9.17, 15) is 9.90 Å². The third-order valence-electron chi connectivity index (χ3n) is 3.73. The molecular weight excluding hydrogens is 268 g/mol. The fourth-order valence-electron chi connectivity index (χ4n) is 2.39. The van der Waals surface area contributed by atoms with E-state index in [1.54, 1.807) is 19.1 Å². The van der Waals surface area contributed by atoms with Crippen LogP contribution in [-0.2, 0) is 23.1 Å². The number of carboxylic acid groups (broad SMARTS) is 1. The van der Waals surface area contributed by atoms with Gasteiger partial charge in [0.2, 0.25) is 0 Å². The van der Waals surface area contributed by atoms with Crippen molar-refractivity contribution in [2.45, 2.75) is 51.9 Å². The molecule has 2 aromatic heterocycles. The Kier molecular flexibility index (Phi) is 4.56. The van der Waals surface area contributed by atoms with Crippen molar-refractivity contribution in [2.75, 3.05) is 0 Å². The van der Waals surface area contributed by atoms with Gasteiger partial charge in [0, 0.05) is 12.8 Å². The van der Waals surface area contributed by atoms with Crippen LogP contribution in [0.2, 0.25) is 0 Å². The molecule has 0 amide bonds. The molecule has 4 heteroatoms. The van der Waals surface area contributed by atoms with Gasteiger partial charge in [0.15, 0.2) is 5.41 Å². The Morgan fingerprint density at radius 3 is 1.76 bits per heavy atom. The molecule has 0 spiro atoms. The highest BCUT2D eigenvalue weighted by molar-refractivity contribution is 5.83. The van der Waals surface area contributed by atoms with Crippen LogP contribution in [0, 0.1) is 0 Å². The minimum Gasteiger partial charge on any atom is -0.480 e. The van der Waals surface area contributed by atoms with E-state index in [1.807, 2.05) is 12.1 Å². The Balaban J connectivity index is 2.40. The van der Waals surface area contributed by atoms with Gasteiger partial charge in [-0.1, -0.05) is 13.8 Å². The topological polar surface area (TPSA) is 63.6 Å². The fraction of sp³-hybridized carbons (Fsp3) is 0.471. The van der Waals surface area contributed by atoms with E-state index >= 15 is 0 Å². The van der Waals surface area contributed by atoms with E-state index in [0.717, 1.165) is 37.2 Å². The lowest BCUT2D eigenvalue weighted by molar-refractivity contribution is -0.142. The molecule has 2 heterocycles. The summed E-state index contributed by atoms with van der Waals surface area (Å²) in [5, 5.41) is 9.70. The van der Waals surface area contributed by atoms with Gasteiger partial charge in [-0.25, -0.2) is 0 Å². The van der Waals surface area contributed by atoms with Crippen LogP contribution in [0.25, 0.3) is 0 Å². The number of carboxylic acids is 1. The van der Waals surface area contributed by atoms with Crippen LogP contribution in [0.5, 0.6) is 0 Å². The predicted molar refractivity (Wildman–Crippen MR) is 79.5 cm³/mol. The van der Waals surface area contributed by atoms with E-state index in [-0.39, 0.29) is 0 Å². The molecule has 2 aromatic rings. The van der Waals surface area contributed by atoms with Crippen molar-refractivity contribution in [1.29, 1.82) is 0 Å². The number of carbonyl (C=O) groups is 1. The van der Waals surface area contributed by atoms with Gasteiger partial charge in [-0.15, -0.1) is 0 Å². The van der Waals surface area contributed by atoms with Gasteiger partial charge in [-0.2, -0.15) is 0 Å². The molecule has 0 aliphatic heterocycles. The maximum Gasteiger partial charge on any atom is 0.324 e. The molecule has 0 bridgehead atoms. The van der Waals surface area contributed by atoms with E-state index in [1.165, 1.54) is 0 Å². The molecule has 0 unspecified atom stereocenters. The van der Waals surface area contributed by atoms with Crippen LogP contribution in [0.3, 0.4) is 0 Å². The Morgan fingerprint density at radius 2 is 1.43 bits per heavy atom.